The van der Waals surface area contributed by atoms with Crippen LogP contribution in [0.15, 0.2) is 24.3 Å². The number of rotatable bonds is 11. The van der Waals surface area contributed by atoms with E-state index in [-0.39, 0.29) is 24.7 Å². The summed E-state index contributed by atoms with van der Waals surface area (Å²) in [6.07, 6.45) is 4.52. The number of likely N-dealkylation sites (tertiary alicyclic amines) is 1. The molecule has 1 aromatic rings. The summed E-state index contributed by atoms with van der Waals surface area (Å²) >= 11 is 6.03. The van der Waals surface area contributed by atoms with Crippen molar-refractivity contribution in [2.75, 3.05) is 39.4 Å². The van der Waals surface area contributed by atoms with Gasteiger partial charge in [-0.05, 0) is 56.5 Å². The number of nitrogens with zero attached hydrogens (tertiary/aromatic N) is 2. The van der Waals surface area contributed by atoms with E-state index in [0.717, 1.165) is 64.0 Å². The monoisotopic (exact) mass is 410 g/mol. The first-order valence-corrected chi connectivity index (χ1v) is 11.0. The molecule has 1 N–H and O–H groups in total. The van der Waals surface area contributed by atoms with Gasteiger partial charge in [0, 0.05) is 31.1 Å². The molecule has 0 aromatic heterocycles. The fraction of sp³-hybridized carbons (Fsp3) is 0.682. The van der Waals surface area contributed by atoms with Crippen LogP contribution in [0, 0.1) is 0 Å². The summed E-state index contributed by atoms with van der Waals surface area (Å²) in [5, 5.41) is 9.76. The molecule has 1 heterocycles. The van der Waals surface area contributed by atoms with E-state index in [2.05, 4.69) is 11.8 Å². The van der Waals surface area contributed by atoms with Crippen LogP contribution in [0.1, 0.15) is 57.6 Å². The second kappa shape index (κ2) is 12.4. The van der Waals surface area contributed by atoms with Crippen molar-refractivity contribution in [1.29, 1.82) is 0 Å². The largest absolute Gasteiger partial charge is 0.395 e. The standard InChI is InChI=1S/C22H35ClN2O3/c1-3-22(27)25-13-11-20(17-21(25)18-7-9-19(23)10-8-18)28-16-6-5-12-24(4-2)14-15-26/h7-10,20-21,26H,3-6,11-17H2,1-2H3. The van der Waals surface area contributed by atoms with Gasteiger partial charge in [-0.25, -0.2) is 0 Å². The van der Waals surface area contributed by atoms with Crippen molar-refractivity contribution in [1.82, 2.24) is 9.80 Å². The van der Waals surface area contributed by atoms with Gasteiger partial charge in [0.05, 0.1) is 18.8 Å². The van der Waals surface area contributed by atoms with E-state index >= 15 is 0 Å². The number of aliphatic hydroxyl groups is 1. The number of carbonyl (C=O) groups excluding carboxylic acids is 1. The number of likely N-dealkylation sites (N-methyl/N-ethyl adjacent to an activating group) is 1. The number of piperidine rings is 1. The molecule has 0 bridgehead atoms. The number of unbranched alkanes of at least 4 members (excludes halogenated alkanes) is 1. The highest BCUT2D eigenvalue weighted by Crippen LogP contribution is 2.33. The lowest BCUT2D eigenvalue weighted by Crippen LogP contribution is -2.43. The molecule has 0 radical (unpaired) electrons. The topological polar surface area (TPSA) is 53.0 Å². The Kier molecular flexibility index (Phi) is 10.3. The van der Waals surface area contributed by atoms with Crippen LogP contribution in [0.3, 0.4) is 0 Å². The zero-order valence-corrected chi connectivity index (χ0v) is 18.0. The number of carbonyl (C=O) groups is 1. The molecular formula is C22H35ClN2O3. The molecule has 0 spiro atoms. The Bertz CT molecular complexity index is 582. The molecule has 2 unspecified atom stereocenters. The Morgan fingerprint density at radius 1 is 1.25 bits per heavy atom. The van der Waals surface area contributed by atoms with E-state index in [1.807, 2.05) is 36.1 Å². The summed E-state index contributed by atoms with van der Waals surface area (Å²) in [5.74, 6) is 0.196. The van der Waals surface area contributed by atoms with E-state index in [1.165, 1.54) is 0 Å². The molecule has 158 valence electrons. The quantitative estimate of drug-likeness (QED) is 0.562. The summed E-state index contributed by atoms with van der Waals surface area (Å²) in [6, 6.07) is 7.88. The number of benzene rings is 1. The maximum Gasteiger partial charge on any atom is 0.222 e. The predicted molar refractivity (Wildman–Crippen MR) is 114 cm³/mol. The van der Waals surface area contributed by atoms with Crippen molar-refractivity contribution < 1.29 is 14.6 Å². The maximum absolute atomic E-state index is 12.4. The van der Waals surface area contributed by atoms with Crippen molar-refractivity contribution in [3.8, 4) is 0 Å². The molecular weight excluding hydrogens is 376 g/mol. The van der Waals surface area contributed by atoms with Crippen LogP contribution in [0.25, 0.3) is 0 Å². The molecule has 6 heteroatoms. The van der Waals surface area contributed by atoms with Gasteiger partial charge in [0.2, 0.25) is 5.91 Å². The average molecular weight is 411 g/mol. The van der Waals surface area contributed by atoms with Crippen molar-refractivity contribution in [2.24, 2.45) is 0 Å². The van der Waals surface area contributed by atoms with Gasteiger partial charge in [-0.3, -0.25) is 4.79 Å². The second-order valence-electron chi connectivity index (χ2n) is 7.39. The van der Waals surface area contributed by atoms with Gasteiger partial charge in [-0.1, -0.05) is 37.6 Å². The minimum absolute atomic E-state index is 0.0589. The Labute approximate surface area is 174 Å². The minimum Gasteiger partial charge on any atom is -0.395 e. The third-order valence-electron chi connectivity index (χ3n) is 5.52. The molecule has 1 aliphatic heterocycles. The van der Waals surface area contributed by atoms with Gasteiger partial charge < -0.3 is 19.6 Å². The highest BCUT2D eigenvalue weighted by molar-refractivity contribution is 6.30. The number of hydrogen-bond donors (Lipinski definition) is 1. The van der Waals surface area contributed by atoms with E-state index in [9.17, 15) is 4.79 Å². The molecule has 2 rings (SSSR count). The van der Waals surface area contributed by atoms with E-state index in [0.29, 0.717) is 11.4 Å². The molecule has 1 aromatic carbocycles. The number of halogens is 1. The highest BCUT2D eigenvalue weighted by Gasteiger charge is 2.32. The molecule has 5 nitrogen and oxygen atoms in total. The zero-order valence-electron chi connectivity index (χ0n) is 17.3. The van der Waals surface area contributed by atoms with Crippen LogP contribution in [0.2, 0.25) is 5.02 Å². The highest BCUT2D eigenvalue weighted by atomic mass is 35.5. The first-order valence-electron chi connectivity index (χ1n) is 10.6. The van der Waals surface area contributed by atoms with Crippen LogP contribution in [0.4, 0.5) is 0 Å². The lowest BCUT2D eigenvalue weighted by atomic mass is 9.93. The lowest BCUT2D eigenvalue weighted by molar-refractivity contribution is -0.137. The fourth-order valence-electron chi connectivity index (χ4n) is 3.84. The molecule has 1 fully saturated rings. The van der Waals surface area contributed by atoms with Gasteiger partial charge in [0.15, 0.2) is 0 Å². The zero-order chi connectivity index (χ0) is 20.4. The summed E-state index contributed by atoms with van der Waals surface area (Å²) in [6.45, 7) is 8.44. The molecule has 0 aliphatic carbocycles. The fourth-order valence-corrected chi connectivity index (χ4v) is 3.97. The third-order valence-corrected chi connectivity index (χ3v) is 5.77. The van der Waals surface area contributed by atoms with Gasteiger partial charge in [0.1, 0.15) is 0 Å². The van der Waals surface area contributed by atoms with Crippen molar-refractivity contribution >= 4 is 17.5 Å². The van der Waals surface area contributed by atoms with Crippen molar-refractivity contribution in [3.05, 3.63) is 34.9 Å². The van der Waals surface area contributed by atoms with E-state index in [4.69, 9.17) is 21.4 Å². The second-order valence-corrected chi connectivity index (χ2v) is 7.83. The van der Waals surface area contributed by atoms with E-state index in [1.54, 1.807) is 0 Å². The molecule has 1 aliphatic rings. The Balaban J connectivity index is 1.85. The Morgan fingerprint density at radius 3 is 2.64 bits per heavy atom. The predicted octanol–water partition coefficient (Wildman–Crippen LogP) is 3.89. The number of aliphatic hydroxyl groups excluding tert-OH is 1. The molecule has 28 heavy (non-hydrogen) atoms. The van der Waals surface area contributed by atoms with Crippen LogP contribution in [-0.2, 0) is 9.53 Å². The smallest absolute Gasteiger partial charge is 0.222 e. The first-order chi connectivity index (χ1) is 13.6. The van der Waals surface area contributed by atoms with Crippen LogP contribution < -0.4 is 0 Å². The van der Waals surface area contributed by atoms with E-state index < -0.39 is 0 Å². The summed E-state index contributed by atoms with van der Waals surface area (Å²) < 4.78 is 6.16. The van der Waals surface area contributed by atoms with Crippen molar-refractivity contribution in [2.45, 2.75) is 58.1 Å². The van der Waals surface area contributed by atoms with Gasteiger partial charge >= 0.3 is 0 Å². The van der Waals surface area contributed by atoms with Gasteiger partial charge in [-0.2, -0.15) is 0 Å². The summed E-state index contributed by atoms with van der Waals surface area (Å²) in [4.78, 5) is 16.7. The molecule has 1 amide bonds. The number of amides is 1. The third kappa shape index (κ3) is 7.03. The Morgan fingerprint density at radius 2 is 2.00 bits per heavy atom. The van der Waals surface area contributed by atoms with Crippen LogP contribution in [-0.4, -0.2) is 66.3 Å². The molecule has 2 atom stereocenters. The normalized spacial score (nSPS) is 20.0. The summed E-state index contributed by atoms with van der Waals surface area (Å²) in [5.41, 5.74) is 1.13. The Hall–Kier alpha value is -1.14. The van der Waals surface area contributed by atoms with Crippen LogP contribution >= 0.6 is 11.6 Å². The lowest BCUT2D eigenvalue weighted by Gasteiger charge is -2.39. The molecule has 1 saturated heterocycles. The SMILES string of the molecule is CCC(=O)N1CCC(OCCCCN(CC)CCO)CC1c1ccc(Cl)cc1. The number of hydrogen-bond acceptors (Lipinski definition) is 4. The van der Waals surface area contributed by atoms with Gasteiger partial charge in [0.25, 0.3) is 0 Å². The van der Waals surface area contributed by atoms with Crippen molar-refractivity contribution in [3.63, 3.8) is 0 Å². The number of ether oxygens (including phenoxy) is 1. The average Bonchev–Trinajstić information content (AvgIpc) is 2.72. The minimum atomic E-state index is 0.0589. The molecule has 0 saturated carbocycles. The maximum atomic E-state index is 12.4. The first kappa shape index (κ1) is 23.1. The van der Waals surface area contributed by atoms with Gasteiger partial charge in [-0.15, -0.1) is 0 Å². The summed E-state index contributed by atoms with van der Waals surface area (Å²) in [7, 11) is 0. The van der Waals surface area contributed by atoms with Crippen LogP contribution in [0.5, 0.6) is 0 Å².